The maximum Gasteiger partial charge on any atom is 0.414 e. The van der Waals surface area contributed by atoms with Gasteiger partial charge in [0.15, 0.2) is 0 Å². The summed E-state index contributed by atoms with van der Waals surface area (Å²) in [5, 5.41) is 9.22. The lowest BCUT2D eigenvalue weighted by atomic mass is 10.0. The lowest BCUT2D eigenvalue weighted by molar-refractivity contribution is 0.0899. The molecule has 1 aliphatic heterocycles. The van der Waals surface area contributed by atoms with Crippen molar-refractivity contribution in [1.82, 2.24) is 0 Å². The normalized spacial score (nSPS) is 19.8. The predicted octanol–water partition coefficient (Wildman–Crippen LogP) is 2.12. The topological polar surface area (TPSA) is 49.8 Å². The highest BCUT2D eigenvalue weighted by Crippen LogP contribution is 2.29. The minimum atomic E-state index is -0.316. The van der Waals surface area contributed by atoms with Crippen molar-refractivity contribution in [1.29, 1.82) is 0 Å². The molecule has 1 heterocycles. The zero-order valence-corrected chi connectivity index (χ0v) is 10.8. The van der Waals surface area contributed by atoms with Gasteiger partial charge in [0.2, 0.25) is 0 Å². The van der Waals surface area contributed by atoms with E-state index >= 15 is 0 Å². The first-order valence-corrected chi connectivity index (χ1v) is 6.31. The van der Waals surface area contributed by atoms with Crippen LogP contribution >= 0.6 is 0 Å². The number of para-hydroxylation sites is 1. The fraction of sp³-hybridized carbons (Fsp3) is 0.500. The molecule has 4 heteroatoms. The first-order chi connectivity index (χ1) is 8.67. The Bertz CT molecular complexity index is 445. The molecule has 1 unspecified atom stereocenters. The van der Waals surface area contributed by atoms with Gasteiger partial charge in [-0.1, -0.05) is 25.1 Å². The Balaban J connectivity index is 2.37. The van der Waals surface area contributed by atoms with Gasteiger partial charge in [-0.25, -0.2) is 4.79 Å². The third-order valence-corrected chi connectivity index (χ3v) is 3.33. The Morgan fingerprint density at radius 1 is 1.50 bits per heavy atom. The Morgan fingerprint density at radius 3 is 2.94 bits per heavy atom. The molecule has 0 aromatic heterocycles. The summed E-state index contributed by atoms with van der Waals surface area (Å²) in [5.74, 6) is -0.00740. The molecule has 2 rings (SSSR count). The molecule has 1 aliphatic rings. The number of nitrogens with zero attached hydrogens (tertiary/aromatic N) is 1. The Hall–Kier alpha value is -1.55. The largest absolute Gasteiger partial charge is 0.449 e. The summed E-state index contributed by atoms with van der Waals surface area (Å²) in [4.78, 5) is 13.5. The molecule has 0 bridgehead atoms. The van der Waals surface area contributed by atoms with E-state index in [0.29, 0.717) is 13.2 Å². The number of hydrogen-bond donors (Lipinski definition) is 1. The molecular formula is C14H19NO3. The molecule has 0 spiro atoms. The molecule has 1 amide bonds. The van der Waals surface area contributed by atoms with Crippen LogP contribution < -0.4 is 4.90 Å². The summed E-state index contributed by atoms with van der Waals surface area (Å²) >= 11 is 0. The molecule has 4 nitrogen and oxygen atoms in total. The molecular weight excluding hydrogens is 230 g/mol. The van der Waals surface area contributed by atoms with E-state index in [0.717, 1.165) is 23.2 Å². The van der Waals surface area contributed by atoms with Gasteiger partial charge in [-0.05, 0) is 24.5 Å². The molecule has 0 radical (unpaired) electrons. The van der Waals surface area contributed by atoms with E-state index in [2.05, 4.69) is 6.92 Å². The summed E-state index contributed by atoms with van der Waals surface area (Å²) in [5.41, 5.74) is 3.12. The highest BCUT2D eigenvalue weighted by atomic mass is 16.6. The van der Waals surface area contributed by atoms with Crippen molar-refractivity contribution >= 4 is 11.8 Å². The maximum absolute atomic E-state index is 11.9. The first kappa shape index (κ1) is 12.9. The molecule has 0 saturated carbocycles. The van der Waals surface area contributed by atoms with Gasteiger partial charge in [0, 0.05) is 12.5 Å². The van der Waals surface area contributed by atoms with Gasteiger partial charge in [-0.3, -0.25) is 4.90 Å². The minimum absolute atomic E-state index is 0.00740. The lowest BCUT2D eigenvalue weighted by Crippen LogP contribution is -2.45. The third kappa shape index (κ3) is 2.34. The summed E-state index contributed by atoms with van der Waals surface area (Å²) in [6.07, 6.45) is 0.550. The third-order valence-electron chi connectivity index (χ3n) is 3.33. The maximum atomic E-state index is 11.9. The SMILES string of the molecule is CCc1cccc(C)c1N1CC(CO)COC1=O. The lowest BCUT2D eigenvalue weighted by Gasteiger charge is -2.33. The summed E-state index contributed by atoms with van der Waals surface area (Å²) < 4.78 is 5.13. The standard InChI is InChI=1S/C14H19NO3/c1-3-12-6-4-5-10(2)13(12)15-7-11(8-16)9-18-14(15)17/h4-6,11,16H,3,7-9H2,1-2H3. The number of carbonyl (C=O) groups excluding carboxylic acids is 1. The molecule has 1 fully saturated rings. The van der Waals surface area contributed by atoms with Crippen molar-refractivity contribution < 1.29 is 14.6 Å². The fourth-order valence-corrected chi connectivity index (χ4v) is 2.34. The van der Waals surface area contributed by atoms with Crippen LogP contribution in [0.3, 0.4) is 0 Å². The van der Waals surface area contributed by atoms with Crippen LogP contribution in [-0.2, 0) is 11.2 Å². The minimum Gasteiger partial charge on any atom is -0.449 e. The van der Waals surface area contributed by atoms with Crippen LogP contribution in [-0.4, -0.2) is 31.0 Å². The van der Waals surface area contributed by atoms with Crippen molar-refractivity contribution in [2.75, 3.05) is 24.7 Å². The average molecular weight is 249 g/mol. The van der Waals surface area contributed by atoms with Crippen LogP contribution in [0.4, 0.5) is 10.5 Å². The van der Waals surface area contributed by atoms with E-state index in [1.165, 1.54) is 0 Å². The van der Waals surface area contributed by atoms with E-state index in [9.17, 15) is 9.90 Å². The number of hydrogen-bond acceptors (Lipinski definition) is 3. The number of aliphatic hydroxyl groups is 1. The van der Waals surface area contributed by atoms with E-state index < -0.39 is 0 Å². The predicted molar refractivity (Wildman–Crippen MR) is 69.8 cm³/mol. The quantitative estimate of drug-likeness (QED) is 0.892. The highest BCUT2D eigenvalue weighted by Gasteiger charge is 2.29. The van der Waals surface area contributed by atoms with Crippen molar-refractivity contribution in [3.63, 3.8) is 0 Å². The van der Waals surface area contributed by atoms with Crippen LogP contribution in [0.25, 0.3) is 0 Å². The molecule has 1 aromatic carbocycles. The van der Waals surface area contributed by atoms with Gasteiger partial charge in [0.1, 0.15) is 0 Å². The molecule has 0 aliphatic carbocycles. The average Bonchev–Trinajstić information content (AvgIpc) is 2.39. The van der Waals surface area contributed by atoms with Gasteiger partial charge in [-0.2, -0.15) is 0 Å². The van der Waals surface area contributed by atoms with Crippen LogP contribution in [0.15, 0.2) is 18.2 Å². The van der Waals surface area contributed by atoms with E-state index in [1.54, 1.807) is 4.90 Å². The fourth-order valence-electron chi connectivity index (χ4n) is 2.34. The number of ether oxygens (including phenoxy) is 1. The van der Waals surface area contributed by atoms with Gasteiger partial charge in [0.05, 0.1) is 18.9 Å². The number of aryl methyl sites for hydroxylation is 2. The molecule has 98 valence electrons. The second kappa shape index (κ2) is 5.40. The second-order valence-corrected chi connectivity index (χ2v) is 4.67. The number of aliphatic hydroxyl groups excluding tert-OH is 1. The van der Waals surface area contributed by atoms with Crippen molar-refractivity contribution in [2.45, 2.75) is 20.3 Å². The van der Waals surface area contributed by atoms with E-state index in [1.807, 2.05) is 25.1 Å². The van der Waals surface area contributed by atoms with Gasteiger partial charge < -0.3 is 9.84 Å². The number of benzene rings is 1. The Morgan fingerprint density at radius 2 is 2.28 bits per heavy atom. The van der Waals surface area contributed by atoms with Crippen LogP contribution in [0.1, 0.15) is 18.1 Å². The van der Waals surface area contributed by atoms with E-state index in [4.69, 9.17) is 4.74 Å². The molecule has 1 N–H and O–H groups in total. The van der Waals surface area contributed by atoms with E-state index in [-0.39, 0.29) is 18.6 Å². The number of carbonyl (C=O) groups is 1. The summed E-state index contributed by atoms with van der Waals surface area (Å²) in [6.45, 7) is 4.92. The van der Waals surface area contributed by atoms with Gasteiger partial charge in [0.25, 0.3) is 0 Å². The molecule has 18 heavy (non-hydrogen) atoms. The zero-order valence-electron chi connectivity index (χ0n) is 10.8. The molecule has 1 aromatic rings. The van der Waals surface area contributed by atoms with Crippen LogP contribution in [0.5, 0.6) is 0 Å². The first-order valence-electron chi connectivity index (χ1n) is 6.31. The zero-order chi connectivity index (χ0) is 13.1. The smallest absolute Gasteiger partial charge is 0.414 e. The van der Waals surface area contributed by atoms with Gasteiger partial charge in [-0.15, -0.1) is 0 Å². The van der Waals surface area contributed by atoms with Crippen LogP contribution in [0, 0.1) is 12.8 Å². The molecule has 1 atom stereocenters. The van der Waals surface area contributed by atoms with Crippen molar-refractivity contribution in [3.05, 3.63) is 29.3 Å². The monoisotopic (exact) mass is 249 g/mol. The van der Waals surface area contributed by atoms with Crippen LogP contribution in [0.2, 0.25) is 0 Å². The number of anilines is 1. The van der Waals surface area contributed by atoms with Crippen molar-refractivity contribution in [3.8, 4) is 0 Å². The van der Waals surface area contributed by atoms with Gasteiger partial charge >= 0.3 is 6.09 Å². The highest BCUT2D eigenvalue weighted by molar-refractivity contribution is 5.90. The van der Waals surface area contributed by atoms with Crippen molar-refractivity contribution in [2.24, 2.45) is 5.92 Å². The summed E-state index contributed by atoms with van der Waals surface area (Å²) in [7, 11) is 0. The molecule has 1 saturated heterocycles. The second-order valence-electron chi connectivity index (χ2n) is 4.67. The summed E-state index contributed by atoms with van der Waals surface area (Å²) in [6, 6.07) is 6.01. The Labute approximate surface area is 107 Å². The Kier molecular flexibility index (Phi) is 3.87. The number of cyclic esters (lactones) is 1. The number of rotatable bonds is 3. The number of amides is 1.